The summed E-state index contributed by atoms with van der Waals surface area (Å²) >= 11 is 0. The SMILES string of the molecule is CC(=O)NC(CC(=O)Nc1cccc(Oc2ccccc2)c1)c1ccc(C)cc1. The predicted molar refractivity (Wildman–Crippen MR) is 114 cm³/mol. The molecule has 0 bridgehead atoms. The number of para-hydroxylation sites is 1. The van der Waals surface area contributed by atoms with Gasteiger partial charge in [-0.05, 0) is 36.8 Å². The zero-order valence-corrected chi connectivity index (χ0v) is 16.5. The highest BCUT2D eigenvalue weighted by Gasteiger charge is 2.17. The van der Waals surface area contributed by atoms with Crippen LogP contribution in [0.2, 0.25) is 0 Å². The number of amides is 2. The van der Waals surface area contributed by atoms with Gasteiger partial charge in [0.05, 0.1) is 12.5 Å². The third kappa shape index (κ3) is 6.21. The smallest absolute Gasteiger partial charge is 0.226 e. The van der Waals surface area contributed by atoms with E-state index in [2.05, 4.69) is 10.6 Å². The minimum atomic E-state index is -0.392. The van der Waals surface area contributed by atoms with Gasteiger partial charge in [0.15, 0.2) is 0 Å². The van der Waals surface area contributed by atoms with Gasteiger partial charge in [-0.25, -0.2) is 0 Å². The normalized spacial score (nSPS) is 11.4. The molecule has 0 aliphatic carbocycles. The lowest BCUT2D eigenvalue weighted by Crippen LogP contribution is -2.29. The van der Waals surface area contributed by atoms with Gasteiger partial charge >= 0.3 is 0 Å². The number of ether oxygens (including phenoxy) is 1. The fourth-order valence-electron chi connectivity index (χ4n) is 2.96. The fourth-order valence-corrected chi connectivity index (χ4v) is 2.96. The van der Waals surface area contributed by atoms with E-state index in [4.69, 9.17) is 4.74 Å². The monoisotopic (exact) mass is 388 g/mol. The lowest BCUT2D eigenvalue weighted by atomic mass is 10.0. The molecule has 0 aliphatic heterocycles. The number of benzene rings is 3. The van der Waals surface area contributed by atoms with Gasteiger partial charge in [-0.15, -0.1) is 0 Å². The maximum atomic E-state index is 12.6. The maximum Gasteiger partial charge on any atom is 0.226 e. The van der Waals surface area contributed by atoms with Gasteiger partial charge in [0, 0.05) is 18.7 Å². The Morgan fingerprint density at radius 2 is 1.59 bits per heavy atom. The Labute approximate surface area is 170 Å². The first kappa shape index (κ1) is 20.1. The van der Waals surface area contributed by atoms with Gasteiger partial charge < -0.3 is 15.4 Å². The molecule has 0 aliphatic rings. The molecule has 0 fully saturated rings. The molecule has 1 atom stereocenters. The van der Waals surface area contributed by atoms with E-state index in [-0.39, 0.29) is 18.2 Å². The number of rotatable bonds is 7. The molecule has 3 aromatic rings. The van der Waals surface area contributed by atoms with Crippen LogP contribution in [0.5, 0.6) is 11.5 Å². The number of hydrogen-bond donors (Lipinski definition) is 2. The number of carbonyl (C=O) groups is 2. The van der Waals surface area contributed by atoms with Crippen LogP contribution in [0, 0.1) is 6.92 Å². The Morgan fingerprint density at radius 1 is 0.897 bits per heavy atom. The van der Waals surface area contributed by atoms with Crippen molar-refractivity contribution < 1.29 is 14.3 Å². The zero-order valence-electron chi connectivity index (χ0n) is 16.5. The molecule has 148 valence electrons. The summed E-state index contributed by atoms with van der Waals surface area (Å²) in [6, 6.07) is 24.1. The van der Waals surface area contributed by atoms with E-state index in [0.717, 1.165) is 16.9 Å². The number of carbonyl (C=O) groups excluding carboxylic acids is 2. The highest BCUT2D eigenvalue weighted by molar-refractivity contribution is 5.91. The molecule has 29 heavy (non-hydrogen) atoms. The van der Waals surface area contributed by atoms with E-state index >= 15 is 0 Å². The van der Waals surface area contributed by atoms with Crippen molar-refractivity contribution in [3.05, 3.63) is 90.0 Å². The van der Waals surface area contributed by atoms with Crippen molar-refractivity contribution in [1.82, 2.24) is 5.32 Å². The second-order valence-electron chi connectivity index (χ2n) is 6.86. The molecule has 0 saturated carbocycles. The summed E-state index contributed by atoms with van der Waals surface area (Å²) in [5, 5.41) is 5.73. The molecule has 3 rings (SSSR count). The average Bonchev–Trinajstić information content (AvgIpc) is 2.69. The predicted octanol–water partition coefficient (Wildman–Crippen LogP) is 4.99. The van der Waals surface area contributed by atoms with Crippen molar-refractivity contribution in [1.29, 1.82) is 0 Å². The van der Waals surface area contributed by atoms with Gasteiger partial charge in [-0.2, -0.15) is 0 Å². The van der Waals surface area contributed by atoms with Crippen molar-refractivity contribution >= 4 is 17.5 Å². The van der Waals surface area contributed by atoms with Gasteiger partial charge in [0.2, 0.25) is 11.8 Å². The van der Waals surface area contributed by atoms with Gasteiger partial charge in [0.1, 0.15) is 11.5 Å². The quantitative estimate of drug-likeness (QED) is 0.599. The highest BCUT2D eigenvalue weighted by atomic mass is 16.5. The summed E-state index contributed by atoms with van der Waals surface area (Å²) in [5.41, 5.74) is 2.64. The minimum absolute atomic E-state index is 0.131. The molecule has 0 radical (unpaired) electrons. The Bertz CT molecular complexity index is 969. The number of hydrogen-bond acceptors (Lipinski definition) is 3. The van der Waals surface area contributed by atoms with Crippen LogP contribution < -0.4 is 15.4 Å². The summed E-state index contributed by atoms with van der Waals surface area (Å²) in [6.45, 7) is 3.44. The topological polar surface area (TPSA) is 67.4 Å². The first-order valence-electron chi connectivity index (χ1n) is 9.46. The molecule has 2 amide bonds. The third-order valence-corrected chi connectivity index (χ3v) is 4.34. The summed E-state index contributed by atoms with van der Waals surface area (Å²) in [7, 11) is 0. The molecule has 1 unspecified atom stereocenters. The van der Waals surface area contributed by atoms with Crippen LogP contribution >= 0.6 is 0 Å². The molecule has 2 N–H and O–H groups in total. The number of nitrogens with one attached hydrogen (secondary N) is 2. The standard InChI is InChI=1S/C24H24N2O3/c1-17-11-13-19(14-12-17)23(25-18(2)27)16-24(28)26-20-7-6-10-22(15-20)29-21-8-4-3-5-9-21/h3-15,23H,16H2,1-2H3,(H,25,27)(H,26,28). The molecular weight excluding hydrogens is 364 g/mol. The van der Waals surface area contributed by atoms with E-state index in [1.54, 1.807) is 12.1 Å². The summed E-state index contributed by atoms with van der Waals surface area (Å²) in [5.74, 6) is 0.981. The third-order valence-electron chi connectivity index (χ3n) is 4.34. The average molecular weight is 388 g/mol. The fraction of sp³-hybridized carbons (Fsp3) is 0.167. The number of aryl methyl sites for hydroxylation is 1. The summed E-state index contributed by atoms with van der Waals surface area (Å²) in [6.07, 6.45) is 0.131. The van der Waals surface area contributed by atoms with Crippen LogP contribution in [0.1, 0.15) is 30.5 Å². The lowest BCUT2D eigenvalue weighted by Gasteiger charge is -2.18. The second-order valence-corrected chi connectivity index (χ2v) is 6.86. The van der Waals surface area contributed by atoms with Crippen molar-refractivity contribution in [2.75, 3.05) is 5.32 Å². The van der Waals surface area contributed by atoms with E-state index < -0.39 is 6.04 Å². The maximum absolute atomic E-state index is 12.6. The largest absolute Gasteiger partial charge is 0.457 e. The molecular formula is C24H24N2O3. The van der Waals surface area contributed by atoms with Crippen molar-refractivity contribution in [2.24, 2.45) is 0 Å². The van der Waals surface area contributed by atoms with Gasteiger partial charge in [-0.3, -0.25) is 9.59 Å². The van der Waals surface area contributed by atoms with E-state index in [9.17, 15) is 9.59 Å². The van der Waals surface area contributed by atoms with Crippen LogP contribution in [0.25, 0.3) is 0 Å². The molecule has 3 aromatic carbocycles. The van der Waals surface area contributed by atoms with E-state index in [1.807, 2.05) is 73.7 Å². The molecule has 5 nitrogen and oxygen atoms in total. The van der Waals surface area contributed by atoms with Crippen molar-refractivity contribution in [3.63, 3.8) is 0 Å². The Kier molecular flexibility index (Phi) is 6.63. The Hall–Kier alpha value is -3.60. The van der Waals surface area contributed by atoms with E-state index in [1.165, 1.54) is 6.92 Å². The van der Waals surface area contributed by atoms with Crippen LogP contribution in [0.4, 0.5) is 5.69 Å². The Balaban J connectivity index is 1.67. The van der Waals surface area contributed by atoms with Crippen molar-refractivity contribution in [3.8, 4) is 11.5 Å². The molecule has 0 saturated heterocycles. The number of anilines is 1. The zero-order chi connectivity index (χ0) is 20.6. The summed E-state index contributed by atoms with van der Waals surface area (Å²) in [4.78, 5) is 24.2. The van der Waals surface area contributed by atoms with Crippen LogP contribution in [0.15, 0.2) is 78.9 Å². The van der Waals surface area contributed by atoms with Crippen LogP contribution in [-0.2, 0) is 9.59 Å². The van der Waals surface area contributed by atoms with Gasteiger partial charge in [-0.1, -0.05) is 54.1 Å². The minimum Gasteiger partial charge on any atom is -0.457 e. The highest BCUT2D eigenvalue weighted by Crippen LogP contribution is 2.24. The summed E-state index contributed by atoms with van der Waals surface area (Å²) < 4.78 is 5.81. The first-order chi connectivity index (χ1) is 14.0. The van der Waals surface area contributed by atoms with Crippen LogP contribution in [-0.4, -0.2) is 11.8 Å². The Morgan fingerprint density at radius 3 is 2.28 bits per heavy atom. The molecule has 0 spiro atoms. The van der Waals surface area contributed by atoms with Gasteiger partial charge in [0.25, 0.3) is 0 Å². The van der Waals surface area contributed by atoms with Crippen LogP contribution in [0.3, 0.4) is 0 Å². The second kappa shape index (κ2) is 9.55. The molecule has 0 aromatic heterocycles. The van der Waals surface area contributed by atoms with Crippen molar-refractivity contribution in [2.45, 2.75) is 26.3 Å². The first-order valence-corrected chi connectivity index (χ1v) is 9.46. The lowest BCUT2D eigenvalue weighted by molar-refractivity contribution is -0.120. The molecule has 0 heterocycles. The molecule has 5 heteroatoms. The van der Waals surface area contributed by atoms with E-state index in [0.29, 0.717) is 11.4 Å².